The van der Waals surface area contributed by atoms with Gasteiger partial charge in [0.2, 0.25) is 5.13 Å². The average molecular weight is 293 g/mol. The van der Waals surface area contributed by atoms with Crippen molar-refractivity contribution >= 4 is 22.7 Å². The zero-order chi connectivity index (χ0) is 14.5. The molecule has 3 nitrogen and oxygen atoms in total. The van der Waals surface area contributed by atoms with Crippen LogP contribution in [0.15, 0.2) is 71.1 Å². The maximum atomic E-state index is 4.62. The minimum Gasteiger partial charge on any atom is -0.242 e. The summed E-state index contributed by atoms with van der Waals surface area (Å²) in [6, 6.07) is 20.2. The number of rotatable bonds is 4. The fourth-order valence-corrected chi connectivity index (χ4v) is 2.65. The predicted octanol–water partition coefficient (Wildman–Crippen LogP) is 4.28. The monoisotopic (exact) mass is 293 g/mol. The van der Waals surface area contributed by atoms with Crippen molar-refractivity contribution in [3.8, 4) is 11.3 Å². The van der Waals surface area contributed by atoms with Crippen LogP contribution in [0.3, 0.4) is 0 Å². The second-order valence-corrected chi connectivity index (χ2v) is 5.40. The SMILES string of the molecule is CN(/N=C/c1ccccc1)c1nc(-c2ccccc2)cs1. The van der Waals surface area contributed by atoms with Crippen LogP contribution >= 0.6 is 11.3 Å². The van der Waals surface area contributed by atoms with Gasteiger partial charge in [0.05, 0.1) is 11.9 Å². The van der Waals surface area contributed by atoms with E-state index in [4.69, 9.17) is 0 Å². The summed E-state index contributed by atoms with van der Waals surface area (Å²) in [5.41, 5.74) is 3.18. The van der Waals surface area contributed by atoms with Gasteiger partial charge in [-0.3, -0.25) is 0 Å². The lowest BCUT2D eigenvalue weighted by Crippen LogP contribution is -2.08. The van der Waals surface area contributed by atoms with Gasteiger partial charge in [0, 0.05) is 18.0 Å². The largest absolute Gasteiger partial charge is 0.242 e. The molecule has 0 aliphatic carbocycles. The van der Waals surface area contributed by atoms with E-state index in [0.29, 0.717) is 0 Å². The van der Waals surface area contributed by atoms with Gasteiger partial charge in [0.1, 0.15) is 0 Å². The Morgan fingerprint density at radius 2 is 1.67 bits per heavy atom. The first-order valence-corrected chi connectivity index (χ1v) is 7.54. The number of anilines is 1. The summed E-state index contributed by atoms with van der Waals surface area (Å²) in [4.78, 5) is 4.62. The Labute approximate surface area is 128 Å². The van der Waals surface area contributed by atoms with Crippen molar-refractivity contribution in [3.63, 3.8) is 0 Å². The Kier molecular flexibility index (Phi) is 4.07. The molecule has 0 saturated carbocycles. The molecule has 0 spiro atoms. The van der Waals surface area contributed by atoms with Crippen LogP contribution in [-0.2, 0) is 0 Å². The molecule has 0 saturated heterocycles. The Morgan fingerprint density at radius 1 is 1.00 bits per heavy atom. The lowest BCUT2D eigenvalue weighted by atomic mass is 10.2. The van der Waals surface area contributed by atoms with Crippen LogP contribution in [0.25, 0.3) is 11.3 Å². The fraction of sp³-hybridized carbons (Fsp3) is 0.0588. The number of hydrazone groups is 1. The molecule has 4 heteroatoms. The van der Waals surface area contributed by atoms with Crippen molar-refractivity contribution in [1.82, 2.24) is 4.98 Å². The van der Waals surface area contributed by atoms with Crippen LogP contribution in [0, 0.1) is 0 Å². The van der Waals surface area contributed by atoms with Gasteiger partial charge in [0.25, 0.3) is 0 Å². The molecule has 2 aromatic carbocycles. The lowest BCUT2D eigenvalue weighted by Gasteiger charge is -2.07. The van der Waals surface area contributed by atoms with Crippen LogP contribution < -0.4 is 5.01 Å². The molecule has 0 N–H and O–H groups in total. The maximum Gasteiger partial charge on any atom is 0.206 e. The molecule has 0 bridgehead atoms. The zero-order valence-corrected chi connectivity index (χ0v) is 12.5. The topological polar surface area (TPSA) is 28.5 Å². The second-order valence-electron chi connectivity index (χ2n) is 4.56. The molecule has 0 aliphatic rings. The molecule has 3 rings (SSSR count). The van der Waals surface area contributed by atoms with Crippen LogP contribution in [0.4, 0.5) is 5.13 Å². The van der Waals surface area contributed by atoms with Gasteiger partial charge < -0.3 is 0 Å². The van der Waals surface area contributed by atoms with E-state index in [2.05, 4.69) is 27.6 Å². The molecule has 21 heavy (non-hydrogen) atoms. The summed E-state index contributed by atoms with van der Waals surface area (Å²) in [6.45, 7) is 0. The van der Waals surface area contributed by atoms with E-state index in [9.17, 15) is 0 Å². The second kappa shape index (κ2) is 6.33. The first-order valence-electron chi connectivity index (χ1n) is 6.66. The van der Waals surface area contributed by atoms with E-state index < -0.39 is 0 Å². The van der Waals surface area contributed by atoms with Crippen LogP contribution in [0.1, 0.15) is 5.56 Å². The molecule has 0 amide bonds. The zero-order valence-electron chi connectivity index (χ0n) is 11.7. The summed E-state index contributed by atoms with van der Waals surface area (Å²) >= 11 is 1.59. The van der Waals surface area contributed by atoms with Gasteiger partial charge >= 0.3 is 0 Å². The highest BCUT2D eigenvalue weighted by Gasteiger charge is 2.07. The molecule has 1 aromatic heterocycles. The third-order valence-corrected chi connectivity index (χ3v) is 3.93. The van der Waals surface area contributed by atoms with Crippen molar-refractivity contribution in [1.29, 1.82) is 0 Å². The molecule has 1 heterocycles. The van der Waals surface area contributed by atoms with Gasteiger partial charge in [-0.25, -0.2) is 9.99 Å². The highest BCUT2D eigenvalue weighted by atomic mass is 32.1. The summed E-state index contributed by atoms with van der Waals surface area (Å²) in [5.74, 6) is 0. The van der Waals surface area contributed by atoms with E-state index in [1.165, 1.54) is 0 Å². The number of benzene rings is 2. The van der Waals surface area contributed by atoms with Gasteiger partial charge in [-0.2, -0.15) is 5.10 Å². The molecule has 0 unspecified atom stereocenters. The maximum absolute atomic E-state index is 4.62. The third kappa shape index (κ3) is 3.35. The Morgan fingerprint density at radius 3 is 2.38 bits per heavy atom. The van der Waals surface area contributed by atoms with Crippen molar-refractivity contribution in [2.75, 3.05) is 12.1 Å². The molecular weight excluding hydrogens is 278 g/mol. The van der Waals surface area contributed by atoms with Crippen molar-refractivity contribution in [2.45, 2.75) is 0 Å². The van der Waals surface area contributed by atoms with Crippen LogP contribution in [0.2, 0.25) is 0 Å². The quantitative estimate of drug-likeness (QED) is 0.530. The Balaban J connectivity index is 1.76. The summed E-state index contributed by atoms with van der Waals surface area (Å²) < 4.78 is 0. The number of aromatic nitrogens is 1. The number of nitrogens with zero attached hydrogens (tertiary/aromatic N) is 3. The average Bonchev–Trinajstić information content (AvgIpc) is 3.04. The summed E-state index contributed by atoms with van der Waals surface area (Å²) in [6.07, 6.45) is 1.84. The van der Waals surface area contributed by atoms with Crippen LogP contribution in [0.5, 0.6) is 0 Å². The number of thiazole rings is 1. The molecule has 0 atom stereocenters. The standard InChI is InChI=1S/C17H15N3S/c1-20(18-12-14-8-4-2-5-9-14)17-19-16(13-21-17)15-10-6-3-7-11-15/h2-13H,1H3/b18-12+. The van der Waals surface area contributed by atoms with Gasteiger partial charge in [-0.15, -0.1) is 11.3 Å². The lowest BCUT2D eigenvalue weighted by molar-refractivity contribution is 1.01. The van der Waals surface area contributed by atoms with E-state index in [0.717, 1.165) is 22.0 Å². The van der Waals surface area contributed by atoms with E-state index in [-0.39, 0.29) is 0 Å². The van der Waals surface area contributed by atoms with Crippen LogP contribution in [-0.4, -0.2) is 18.2 Å². The highest BCUT2D eigenvalue weighted by Crippen LogP contribution is 2.26. The number of hydrogen-bond acceptors (Lipinski definition) is 4. The first-order chi connectivity index (χ1) is 10.3. The van der Waals surface area contributed by atoms with E-state index >= 15 is 0 Å². The van der Waals surface area contributed by atoms with Gasteiger partial charge in [-0.05, 0) is 5.56 Å². The molecule has 0 fully saturated rings. The molecule has 0 radical (unpaired) electrons. The smallest absolute Gasteiger partial charge is 0.206 e. The molecule has 3 aromatic rings. The third-order valence-electron chi connectivity index (χ3n) is 3.02. The fourth-order valence-electron chi connectivity index (χ4n) is 1.90. The highest BCUT2D eigenvalue weighted by molar-refractivity contribution is 7.14. The minimum atomic E-state index is 0.876. The van der Waals surface area contributed by atoms with Gasteiger partial charge in [-0.1, -0.05) is 60.7 Å². The van der Waals surface area contributed by atoms with Gasteiger partial charge in [0.15, 0.2) is 0 Å². The van der Waals surface area contributed by atoms with Crippen molar-refractivity contribution in [3.05, 3.63) is 71.6 Å². The first kappa shape index (κ1) is 13.5. The van der Waals surface area contributed by atoms with Crippen molar-refractivity contribution in [2.24, 2.45) is 5.10 Å². The summed E-state index contributed by atoms with van der Waals surface area (Å²) in [7, 11) is 1.91. The van der Waals surface area contributed by atoms with E-state index in [1.807, 2.05) is 61.8 Å². The molecule has 104 valence electrons. The Hall–Kier alpha value is -2.46. The minimum absolute atomic E-state index is 0.876. The van der Waals surface area contributed by atoms with Crippen molar-refractivity contribution < 1.29 is 0 Å². The predicted molar refractivity (Wildman–Crippen MR) is 90.0 cm³/mol. The van der Waals surface area contributed by atoms with E-state index in [1.54, 1.807) is 16.3 Å². The normalized spacial score (nSPS) is 10.9. The number of hydrogen-bond donors (Lipinski definition) is 0. The Bertz CT molecular complexity index is 720. The molecular formula is C17H15N3S. The molecule has 0 aliphatic heterocycles. The summed E-state index contributed by atoms with van der Waals surface area (Å²) in [5, 5.41) is 9.15.